The smallest absolute Gasteiger partial charge is 0.350 e. The van der Waals surface area contributed by atoms with Gasteiger partial charge in [0.1, 0.15) is 6.73 Å². The zero-order valence-corrected chi connectivity index (χ0v) is 16.2. The van der Waals surface area contributed by atoms with Crippen LogP contribution >= 0.6 is 0 Å². The van der Waals surface area contributed by atoms with Crippen LogP contribution in [-0.4, -0.2) is 28.7 Å². The minimum absolute atomic E-state index is 0.0326. The average Bonchev–Trinajstić information content (AvgIpc) is 2.57. The Morgan fingerprint density at radius 1 is 1.15 bits per heavy atom. The van der Waals surface area contributed by atoms with E-state index in [4.69, 9.17) is 4.74 Å². The molecule has 0 fully saturated rings. The molecule has 0 saturated carbocycles. The third-order valence-corrected chi connectivity index (χ3v) is 5.53. The molecule has 0 unspecified atom stereocenters. The molecule has 1 aromatic heterocycles. The molecule has 0 N–H and O–H groups in total. The van der Waals surface area contributed by atoms with Crippen molar-refractivity contribution >= 4 is 13.8 Å². The topological polar surface area (TPSA) is 96.4 Å². The van der Waals surface area contributed by atoms with Crippen molar-refractivity contribution in [3.8, 4) is 0 Å². The highest BCUT2D eigenvalue weighted by Crippen LogP contribution is 2.08. The van der Waals surface area contributed by atoms with E-state index >= 15 is 0 Å². The molecule has 2 aromatic rings. The van der Waals surface area contributed by atoms with E-state index in [9.17, 15) is 19.7 Å². The van der Waals surface area contributed by atoms with Crippen LogP contribution in [0.15, 0.2) is 46.1 Å². The van der Waals surface area contributed by atoms with E-state index < -0.39 is 29.9 Å². The predicted molar refractivity (Wildman–Crippen MR) is 101 cm³/mol. The van der Waals surface area contributed by atoms with E-state index in [2.05, 4.69) is 19.6 Å². The Hall–Kier alpha value is -2.52. The molecule has 0 aliphatic rings. The zero-order chi connectivity index (χ0) is 19.3. The van der Waals surface area contributed by atoms with Gasteiger partial charge in [-0.2, -0.15) is 0 Å². The zero-order valence-electron chi connectivity index (χ0n) is 15.2. The predicted octanol–water partition coefficient (Wildman–Crippen LogP) is 2.28. The summed E-state index contributed by atoms with van der Waals surface area (Å²) >= 11 is 0. The summed E-state index contributed by atoms with van der Waals surface area (Å²) in [4.78, 5) is 35.3. The third kappa shape index (κ3) is 5.23. The van der Waals surface area contributed by atoms with Crippen LogP contribution in [0.4, 0.5) is 5.69 Å². The largest absolute Gasteiger partial charge is 0.361 e. The Labute approximate surface area is 151 Å². The summed E-state index contributed by atoms with van der Waals surface area (Å²) in [5, 5.41) is 11.2. The average molecular weight is 377 g/mol. The van der Waals surface area contributed by atoms with E-state index in [1.165, 1.54) is 0 Å². The first-order valence-corrected chi connectivity index (χ1v) is 12.0. The van der Waals surface area contributed by atoms with Gasteiger partial charge in [0.05, 0.1) is 17.7 Å². The maximum atomic E-state index is 12.6. The standard InChI is InChI=1S/C17H23N3O5Si/c1-26(2,3)10-9-25-13-18-12-15(20(23)24)16(21)19(17(18)22)11-14-7-5-4-6-8-14/h4-8,12H,9-11,13H2,1-3H3. The fourth-order valence-electron chi connectivity index (χ4n) is 2.30. The molecule has 8 nitrogen and oxygen atoms in total. The van der Waals surface area contributed by atoms with Crippen molar-refractivity contribution in [2.24, 2.45) is 0 Å². The molecule has 1 heterocycles. The van der Waals surface area contributed by atoms with Crippen LogP contribution in [0, 0.1) is 10.1 Å². The highest BCUT2D eigenvalue weighted by atomic mass is 28.3. The van der Waals surface area contributed by atoms with E-state index in [0.717, 1.165) is 21.4 Å². The van der Waals surface area contributed by atoms with Crippen molar-refractivity contribution in [2.75, 3.05) is 6.61 Å². The maximum Gasteiger partial charge on any atom is 0.350 e. The summed E-state index contributed by atoms with van der Waals surface area (Å²) in [5.74, 6) is 0. The van der Waals surface area contributed by atoms with Gasteiger partial charge < -0.3 is 4.74 Å². The summed E-state index contributed by atoms with van der Waals surface area (Å²) < 4.78 is 7.46. The first kappa shape index (κ1) is 19.8. The lowest BCUT2D eigenvalue weighted by molar-refractivity contribution is -0.387. The van der Waals surface area contributed by atoms with Crippen molar-refractivity contribution in [1.29, 1.82) is 0 Å². The quantitative estimate of drug-likeness (QED) is 0.304. The number of nitro groups is 1. The molecule has 0 saturated heterocycles. The van der Waals surface area contributed by atoms with E-state index in [-0.39, 0.29) is 13.3 Å². The molecular formula is C17H23N3O5Si. The summed E-state index contributed by atoms with van der Waals surface area (Å²) in [6, 6.07) is 9.77. The first-order chi connectivity index (χ1) is 12.2. The molecule has 0 atom stereocenters. The summed E-state index contributed by atoms with van der Waals surface area (Å²) in [5.41, 5.74) is -1.48. The number of ether oxygens (including phenoxy) is 1. The Bertz CT molecular complexity index is 884. The van der Waals surface area contributed by atoms with Crippen LogP contribution in [-0.2, 0) is 18.0 Å². The molecule has 0 aliphatic heterocycles. The molecule has 1 aromatic carbocycles. The fourth-order valence-corrected chi connectivity index (χ4v) is 3.06. The number of hydrogen-bond acceptors (Lipinski definition) is 5. The van der Waals surface area contributed by atoms with Crippen LogP contribution in [0.1, 0.15) is 5.56 Å². The van der Waals surface area contributed by atoms with Gasteiger partial charge in [-0.3, -0.25) is 19.5 Å². The first-order valence-electron chi connectivity index (χ1n) is 8.29. The Morgan fingerprint density at radius 2 is 1.81 bits per heavy atom. The molecule has 0 aliphatic carbocycles. The molecule has 2 rings (SSSR count). The van der Waals surface area contributed by atoms with Gasteiger partial charge in [-0.15, -0.1) is 0 Å². The van der Waals surface area contributed by atoms with Gasteiger partial charge in [0.2, 0.25) is 0 Å². The molecule has 0 bridgehead atoms. The van der Waals surface area contributed by atoms with Gasteiger partial charge in [0.25, 0.3) is 0 Å². The van der Waals surface area contributed by atoms with Crippen LogP contribution in [0.3, 0.4) is 0 Å². The molecule has 0 radical (unpaired) electrons. The molecule has 9 heteroatoms. The van der Waals surface area contributed by atoms with Crippen LogP contribution in [0.25, 0.3) is 0 Å². The number of rotatable bonds is 8. The number of benzene rings is 1. The van der Waals surface area contributed by atoms with Crippen LogP contribution < -0.4 is 11.2 Å². The van der Waals surface area contributed by atoms with Gasteiger partial charge in [0, 0.05) is 14.7 Å². The number of hydrogen-bond donors (Lipinski definition) is 0. The second-order valence-electron chi connectivity index (χ2n) is 7.25. The Kier molecular flexibility index (Phi) is 6.27. The van der Waals surface area contributed by atoms with Gasteiger partial charge >= 0.3 is 16.9 Å². The number of nitrogens with zero attached hydrogens (tertiary/aromatic N) is 3. The molecule has 26 heavy (non-hydrogen) atoms. The van der Waals surface area contributed by atoms with Gasteiger partial charge in [-0.1, -0.05) is 50.0 Å². The van der Waals surface area contributed by atoms with Gasteiger partial charge in [-0.25, -0.2) is 9.36 Å². The van der Waals surface area contributed by atoms with Crippen molar-refractivity contribution in [1.82, 2.24) is 9.13 Å². The second-order valence-corrected chi connectivity index (χ2v) is 12.9. The van der Waals surface area contributed by atoms with E-state index in [0.29, 0.717) is 12.2 Å². The highest BCUT2D eigenvalue weighted by Gasteiger charge is 2.20. The van der Waals surface area contributed by atoms with Gasteiger partial charge in [-0.05, 0) is 11.6 Å². The summed E-state index contributed by atoms with van der Waals surface area (Å²) in [7, 11) is -1.28. The summed E-state index contributed by atoms with van der Waals surface area (Å²) in [6.45, 7) is 6.91. The minimum Gasteiger partial charge on any atom is -0.361 e. The van der Waals surface area contributed by atoms with Crippen molar-refractivity contribution in [2.45, 2.75) is 39.0 Å². The van der Waals surface area contributed by atoms with Crippen LogP contribution in [0.5, 0.6) is 0 Å². The lowest BCUT2D eigenvalue weighted by Crippen LogP contribution is -2.41. The van der Waals surface area contributed by atoms with Crippen molar-refractivity contribution in [3.63, 3.8) is 0 Å². The molecular weight excluding hydrogens is 354 g/mol. The van der Waals surface area contributed by atoms with E-state index in [1.54, 1.807) is 24.3 Å². The SMILES string of the molecule is C[Si](C)(C)CCOCn1cc([N+](=O)[O-])c(=O)n(Cc2ccccc2)c1=O. The lowest BCUT2D eigenvalue weighted by Gasteiger charge is -2.16. The highest BCUT2D eigenvalue weighted by molar-refractivity contribution is 6.76. The maximum absolute atomic E-state index is 12.6. The van der Waals surface area contributed by atoms with Gasteiger partial charge in [0.15, 0.2) is 0 Å². The molecule has 0 spiro atoms. The third-order valence-electron chi connectivity index (χ3n) is 3.83. The van der Waals surface area contributed by atoms with Crippen molar-refractivity contribution < 1.29 is 9.66 Å². The Balaban J connectivity index is 2.32. The molecule has 0 amide bonds. The lowest BCUT2D eigenvalue weighted by atomic mass is 10.2. The molecule has 140 valence electrons. The van der Waals surface area contributed by atoms with Crippen LogP contribution in [0.2, 0.25) is 25.7 Å². The normalized spacial score (nSPS) is 11.5. The van der Waals surface area contributed by atoms with Crippen molar-refractivity contribution in [3.05, 3.63) is 73.0 Å². The van der Waals surface area contributed by atoms with E-state index in [1.807, 2.05) is 6.07 Å². The Morgan fingerprint density at radius 3 is 2.38 bits per heavy atom. The summed E-state index contributed by atoms with van der Waals surface area (Å²) in [6.07, 6.45) is 0.959. The number of aromatic nitrogens is 2. The minimum atomic E-state index is -1.28. The fraction of sp³-hybridized carbons (Fsp3) is 0.412. The second kappa shape index (κ2) is 8.24. The monoisotopic (exact) mass is 377 g/mol.